The third-order valence-electron chi connectivity index (χ3n) is 3.76. The maximum absolute atomic E-state index is 13.1. The number of carbonyl (C=O) groups is 1. The number of aromatic nitrogens is 1. The van der Waals surface area contributed by atoms with Gasteiger partial charge in [0.1, 0.15) is 12.1 Å². The Morgan fingerprint density at radius 1 is 1.14 bits per heavy atom. The molecule has 29 heavy (non-hydrogen) atoms. The number of aliphatic imine (C=N–C) groups is 1. The van der Waals surface area contributed by atoms with Crippen LogP contribution in [0.25, 0.3) is 11.5 Å². The van der Waals surface area contributed by atoms with E-state index >= 15 is 0 Å². The monoisotopic (exact) mass is 509 g/mol. The van der Waals surface area contributed by atoms with Crippen molar-refractivity contribution in [3.05, 3.63) is 72.4 Å². The SMILES string of the molecule is CN=C(NCC(=O)Nc1cccc(F)c1)NCc1coc(-c2ccccc2)n1.I. The third-order valence-corrected chi connectivity index (χ3v) is 3.76. The van der Waals surface area contributed by atoms with Crippen LogP contribution in [-0.4, -0.2) is 30.4 Å². The molecule has 1 heterocycles. The molecule has 0 fully saturated rings. The summed E-state index contributed by atoms with van der Waals surface area (Å²) < 4.78 is 18.6. The van der Waals surface area contributed by atoms with E-state index in [0.717, 1.165) is 5.56 Å². The predicted octanol–water partition coefficient (Wildman–Crippen LogP) is 3.40. The molecular formula is C20H21FIN5O2. The zero-order valence-electron chi connectivity index (χ0n) is 15.7. The van der Waals surface area contributed by atoms with Crippen LogP contribution in [-0.2, 0) is 11.3 Å². The van der Waals surface area contributed by atoms with E-state index in [0.29, 0.717) is 29.8 Å². The van der Waals surface area contributed by atoms with Gasteiger partial charge in [-0.2, -0.15) is 0 Å². The number of nitrogens with one attached hydrogen (secondary N) is 3. The highest BCUT2D eigenvalue weighted by molar-refractivity contribution is 14.0. The Kier molecular flexibility index (Phi) is 8.59. The number of oxazole rings is 1. The lowest BCUT2D eigenvalue weighted by atomic mass is 10.2. The third kappa shape index (κ3) is 6.86. The molecule has 0 spiro atoms. The number of anilines is 1. The largest absolute Gasteiger partial charge is 0.444 e. The van der Waals surface area contributed by atoms with E-state index < -0.39 is 5.82 Å². The summed E-state index contributed by atoms with van der Waals surface area (Å²) in [6.07, 6.45) is 1.57. The number of hydrogen-bond donors (Lipinski definition) is 3. The fourth-order valence-electron chi connectivity index (χ4n) is 2.43. The second-order valence-corrected chi connectivity index (χ2v) is 5.85. The molecule has 0 saturated carbocycles. The molecule has 1 aromatic heterocycles. The first-order valence-electron chi connectivity index (χ1n) is 8.64. The molecule has 0 aliphatic rings. The fraction of sp³-hybridized carbons (Fsp3) is 0.150. The Balaban J connectivity index is 0.00000300. The number of hydrogen-bond acceptors (Lipinski definition) is 4. The molecule has 1 amide bonds. The first-order chi connectivity index (χ1) is 13.6. The topological polar surface area (TPSA) is 91.5 Å². The van der Waals surface area contributed by atoms with Crippen LogP contribution >= 0.6 is 24.0 Å². The minimum absolute atomic E-state index is 0. The van der Waals surface area contributed by atoms with Gasteiger partial charge in [-0.15, -0.1) is 24.0 Å². The van der Waals surface area contributed by atoms with Crippen molar-refractivity contribution in [2.45, 2.75) is 6.54 Å². The molecule has 3 N–H and O–H groups in total. The normalized spacial score (nSPS) is 10.8. The van der Waals surface area contributed by atoms with Crippen LogP contribution in [0.4, 0.5) is 10.1 Å². The van der Waals surface area contributed by atoms with Crippen LogP contribution in [0.15, 0.2) is 70.3 Å². The first-order valence-corrected chi connectivity index (χ1v) is 8.64. The van der Waals surface area contributed by atoms with Gasteiger partial charge in [0.15, 0.2) is 5.96 Å². The van der Waals surface area contributed by atoms with Crippen molar-refractivity contribution in [3.63, 3.8) is 0 Å². The molecular weight excluding hydrogens is 488 g/mol. The van der Waals surface area contributed by atoms with E-state index in [1.54, 1.807) is 19.4 Å². The molecule has 0 aliphatic carbocycles. The second kappa shape index (κ2) is 11.1. The maximum atomic E-state index is 13.1. The standard InChI is InChI=1S/C20H20FN5O2.HI/c1-22-20(24-12-18(27)25-16-9-5-8-15(21)10-16)23-11-17-13-28-19(26-17)14-6-3-2-4-7-14;/h2-10,13H,11-12H2,1H3,(H,25,27)(H2,22,23,24);1H. The van der Waals surface area contributed by atoms with E-state index in [9.17, 15) is 9.18 Å². The molecule has 3 aromatic rings. The summed E-state index contributed by atoms with van der Waals surface area (Å²) in [6, 6.07) is 15.3. The quantitative estimate of drug-likeness (QED) is 0.269. The van der Waals surface area contributed by atoms with Crippen LogP contribution in [0, 0.1) is 5.82 Å². The lowest BCUT2D eigenvalue weighted by Crippen LogP contribution is -2.41. The van der Waals surface area contributed by atoms with Gasteiger partial charge in [0.05, 0.1) is 18.8 Å². The van der Waals surface area contributed by atoms with Gasteiger partial charge in [0, 0.05) is 18.3 Å². The van der Waals surface area contributed by atoms with Gasteiger partial charge >= 0.3 is 0 Å². The lowest BCUT2D eigenvalue weighted by Gasteiger charge is -2.11. The average Bonchev–Trinajstić information content (AvgIpc) is 3.18. The zero-order valence-corrected chi connectivity index (χ0v) is 18.0. The van der Waals surface area contributed by atoms with E-state index in [-0.39, 0.29) is 36.4 Å². The van der Waals surface area contributed by atoms with Gasteiger partial charge in [-0.1, -0.05) is 24.3 Å². The summed E-state index contributed by atoms with van der Waals surface area (Å²) in [7, 11) is 1.60. The van der Waals surface area contributed by atoms with Gasteiger partial charge in [-0.3, -0.25) is 9.79 Å². The van der Waals surface area contributed by atoms with E-state index in [1.807, 2.05) is 30.3 Å². The molecule has 0 saturated heterocycles. The van der Waals surface area contributed by atoms with Gasteiger partial charge in [-0.25, -0.2) is 9.37 Å². The van der Waals surface area contributed by atoms with Gasteiger partial charge < -0.3 is 20.4 Å². The summed E-state index contributed by atoms with van der Waals surface area (Å²) in [5.74, 6) is 0.237. The van der Waals surface area contributed by atoms with Gasteiger partial charge in [0.25, 0.3) is 0 Å². The highest BCUT2D eigenvalue weighted by Crippen LogP contribution is 2.17. The van der Waals surface area contributed by atoms with Crippen molar-refractivity contribution in [2.75, 3.05) is 18.9 Å². The summed E-state index contributed by atoms with van der Waals surface area (Å²) in [5.41, 5.74) is 1.99. The fourth-order valence-corrected chi connectivity index (χ4v) is 2.43. The Morgan fingerprint density at radius 2 is 1.93 bits per heavy atom. The Hall–Kier alpha value is -2.95. The van der Waals surface area contributed by atoms with Crippen molar-refractivity contribution < 1.29 is 13.6 Å². The molecule has 0 bridgehead atoms. The van der Waals surface area contributed by atoms with Crippen LogP contribution in [0.3, 0.4) is 0 Å². The number of nitrogens with zero attached hydrogens (tertiary/aromatic N) is 2. The molecule has 152 valence electrons. The number of halogens is 2. The highest BCUT2D eigenvalue weighted by atomic mass is 127. The van der Waals surface area contributed by atoms with Crippen molar-refractivity contribution in [1.29, 1.82) is 0 Å². The molecule has 2 aromatic carbocycles. The van der Waals surface area contributed by atoms with E-state index in [1.165, 1.54) is 18.2 Å². The number of rotatable bonds is 6. The van der Waals surface area contributed by atoms with Gasteiger partial charge in [0.2, 0.25) is 11.8 Å². The van der Waals surface area contributed by atoms with Crippen molar-refractivity contribution in [3.8, 4) is 11.5 Å². The number of guanidine groups is 1. The molecule has 0 atom stereocenters. The number of carbonyl (C=O) groups excluding carboxylic acids is 1. The predicted molar refractivity (Wildman–Crippen MR) is 121 cm³/mol. The number of amides is 1. The smallest absolute Gasteiger partial charge is 0.243 e. The molecule has 7 nitrogen and oxygen atoms in total. The summed E-state index contributed by atoms with van der Waals surface area (Å²) in [5, 5.41) is 8.55. The summed E-state index contributed by atoms with van der Waals surface area (Å²) >= 11 is 0. The molecule has 0 unspecified atom stereocenters. The average molecular weight is 509 g/mol. The molecule has 0 radical (unpaired) electrons. The van der Waals surface area contributed by atoms with E-state index in [2.05, 4.69) is 25.9 Å². The van der Waals surface area contributed by atoms with Crippen LogP contribution in [0.5, 0.6) is 0 Å². The Morgan fingerprint density at radius 3 is 2.66 bits per heavy atom. The minimum atomic E-state index is -0.411. The Labute approximate surface area is 184 Å². The van der Waals surface area contributed by atoms with Crippen LogP contribution in [0.2, 0.25) is 0 Å². The van der Waals surface area contributed by atoms with E-state index in [4.69, 9.17) is 4.42 Å². The highest BCUT2D eigenvalue weighted by Gasteiger charge is 2.08. The van der Waals surface area contributed by atoms with Crippen molar-refractivity contribution >= 4 is 41.5 Å². The second-order valence-electron chi connectivity index (χ2n) is 5.85. The summed E-state index contributed by atoms with van der Waals surface area (Å²) in [4.78, 5) is 20.4. The van der Waals surface area contributed by atoms with Crippen molar-refractivity contribution in [2.24, 2.45) is 4.99 Å². The van der Waals surface area contributed by atoms with Gasteiger partial charge in [-0.05, 0) is 30.3 Å². The van der Waals surface area contributed by atoms with Crippen molar-refractivity contribution in [1.82, 2.24) is 15.6 Å². The first kappa shape index (κ1) is 22.3. The van der Waals surface area contributed by atoms with Crippen LogP contribution < -0.4 is 16.0 Å². The maximum Gasteiger partial charge on any atom is 0.243 e. The number of benzene rings is 2. The molecule has 9 heteroatoms. The van der Waals surface area contributed by atoms with Crippen LogP contribution in [0.1, 0.15) is 5.69 Å². The zero-order chi connectivity index (χ0) is 19.8. The summed E-state index contributed by atoms with van der Waals surface area (Å²) in [6.45, 7) is 0.353. The lowest BCUT2D eigenvalue weighted by molar-refractivity contribution is -0.115. The molecule has 0 aliphatic heterocycles. The Bertz CT molecular complexity index is 962. The minimum Gasteiger partial charge on any atom is -0.444 e. The molecule has 3 rings (SSSR count).